The first-order valence-electron chi connectivity index (χ1n) is 10.2. The summed E-state index contributed by atoms with van der Waals surface area (Å²) < 4.78 is 5.74. The maximum atomic E-state index is 6.41. The van der Waals surface area contributed by atoms with E-state index >= 15 is 0 Å². The molecule has 4 saturated carbocycles. The molecule has 0 radical (unpaired) electrons. The standard InChI is InChI=1S/C22H31Cl2NO/c1-13(2)26-21-19(23)7-18(8-20(21)24)12-25-14(3)22-9-15-4-16(10-22)6-17(5-15)11-22/h7-8,13-17,25H,4-6,9-12H2,1-3H3. The van der Waals surface area contributed by atoms with Gasteiger partial charge in [0.25, 0.3) is 0 Å². The van der Waals surface area contributed by atoms with Crippen LogP contribution in [0.5, 0.6) is 5.75 Å². The lowest BCUT2D eigenvalue weighted by Crippen LogP contribution is -2.54. The largest absolute Gasteiger partial charge is 0.488 e. The van der Waals surface area contributed by atoms with Crippen LogP contribution in [0.25, 0.3) is 0 Å². The first kappa shape index (κ1) is 18.9. The van der Waals surface area contributed by atoms with Crippen molar-refractivity contribution in [3.8, 4) is 5.75 Å². The highest BCUT2D eigenvalue weighted by Gasteiger charge is 2.52. The Morgan fingerprint density at radius 1 is 1.00 bits per heavy atom. The fourth-order valence-electron chi connectivity index (χ4n) is 6.26. The van der Waals surface area contributed by atoms with E-state index < -0.39 is 0 Å². The van der Waals surface area contributed by atoms with Gasteiger partial charge in [0.1, 0.15) is 0 Å². The summed E-state index contributed by atoms with van der Waals surface area (Å²) in [4.78, 5) is 0. The predicted molar refractivity (Wildman–Crippen MR) is 109 cm³/mol. The Kier molecular flexibility index (Phi) is 5.22. The minimum Gasteiger partial charge on any atom is -0.488 e. The van der Waals surface area contributed by atoms with Gasteiger partial charge in [0.05, 0.1) is 16.1 Å². The van der Waals surface area contributed by atoms with E-state index in [4.69, 9.17) is 27.9 Å². The molecule has 0 saturated heterocycles. The summed E-state index contributed by atoms with van der Waals surface area (Å²) in [6.07, 6.45) is 8.82. The molecular weight excluding hydrogens is 365 g/mol. The smallest absolute Gasteiger partial charge is 0.156 e. The van der Waals surface area contributed by atoms with Crippen LogP contribution in [0.15, 0.2) is 12.1 Å². The molecule has 26 heavy (non-hydrogen) atoms. The van der Waals surface area contributed by atoms with Crippen molar-refractivity contribution >= 4 is 23.2 Å². The molecule has 5 rings (SSSR count). The molecule has 1 unspecified atom stereocenters. The van der Waals surface area contributed by atoms with Crippen LogP contribution >= 0.6 is 23.2 Å². The van der Waals surface area contributed by atoms with Gasteiger partial charge in [-0.1, -0.05) is 23.2 Å². The zero-order valence-corrected chi connectivity index (χ0v) is 17.7. The van der Waals surface area contributed by atoms with E-state index in [2.05, 4.69) is 12.2 Å². The lowest BCUT2D eigenvalue weighted by molar-refractivity contribution is -0.0706. The monoisotopic (exact) mass is 395 g/mol. The van der Waals surface area contributed by atoms with Crippen LogP contribution in [-0.4, -0.2) is 12.1 Å². The van der Waals surface area contributed by atoms with Crippen molar-refractivity contribution in [2.75, 3.05) is 0 Å². The van der Waals surface area contributed by atoms with Crippen LogP contribution in [0.4, 0.5) is 0 Å². The lowest BCUT2D eigenvalue weighted by atomic mass is 9.48. The molecule has 0 heterocycles. The van der Waals surface area contributed by atoms with Crippen LogP contribution < -0.4 is 10.1 Å². The number of ether oxygens (including phenoxy) is 1. The third-order valence-electron chi connectivity index (χ3n) is 7.03. The van der Waals surface area contributed by atoms with Crippen LogP contribution in [0.2, 0.25) is 10.0 Å². The highest BCUT2D eigenvalue weighted by Crippen LogP contribution is 2.61. The molecule has 0 aromatic heterocycles. The molecule has 2 nitrogen and oxygen atoms in total. The molecular formula is C22H31Cl2NO. The molecule has 4 aliphatic rings. The minimum atomic E-state index is 0.0603. The van der Waals surface area contributed by atoms with Crippen LogP contribution in [0, 0.1) is 23.2 Å². The second-order valence-corrected chi connectivity index (χ2v) is 10.3. The molecule has 0 aliphatic heterocycles. The number of nitrogens with one attached hydrogen (secondary N) is 1. The third-order valence-corrected chi connectivity index (χ3v) is 7.59. The third kappa shape index (κ3) is 3.62. The second kappa shape index (κ2) is 7.18. The zero-order chi connectivity index (χ0) is 18.5. The predicted octanol–water partition coefficient (Wildman–Crippen LogP) is 6.48. The maximum Gasteiger partial charge on any atom is 0.156 e. The summed E-state index contributed by atoms with van der Waals surface area (Å²) in [5.74, 6) is 3.56. The van der Waals surface area contributed by atoms with Gasteiger partial charge in [0.2, 0.25) is 0 Å². The molecule has 1 aromatic carbocycles. The average molecular weight is 396 g/mol. The van der Waals surface area contributed by atoms with Gasteiger partial charge in [-0.2, -0.15) is 0 Å². The summed E-state index contributed by atoms with van der Waals surface area (Å²) in [5.41, 5.74) is 1.65. The lowest BCUT2D eigenvalue weighted by Gasteiger charge is -2.59. The van der Waals surface area contributed by atoms with Gasteiger partial charge in [0, 0.05) is 12.6 Å². The number of hydrogen-bond acceptors (Lipinski definition) is 2. The molecule has 1 atom stereocenters. The van der Waals surface area contributed by atoms with Crippen molar-refractivity contribution in [3.05, 3.63) is 27.7 Å². The van der Waals surface area contributed by atoms with Gasteiger partial charge >= 0.3 is 0 Å². The van der Waals surface area contributed by atoms with Gasteiger partial charge in [-0.3, -0.25) is 0 Å². The van der Waals surface area contributed by atoms with Crippen LogP contribution in [0.1, 0.15) is 64.9 Å². The summed E-state index contributed by atoms with van der Waals surface area (Å²) in [6.45, 7) is 7.17. The van der Waals surface area contributed by atoms with Crippen molar-refractivity contribution < 1.29 is 4.74 Å². The van der Waals surface area contributed by atoms with E-state index in [9.17, 15) is 0 Å². The van der Waals surface area contributed by atoms with Crippen molar-refractivity contribution in [1.29, 1.82) is 0 Å². The Morgan fingerprint density at radius 3 is 1.96 bits per heavy atom. The highest BCUT2D eigenvalue weighted by molar-refractivity contribution is 6.37. The SMILES string of the molecule is CC(C)Oc1c(Cl)cc(CNC(C)C23CC4CC(CC(C4)C2)C3)cc1Cl. The molecule has 4 bridgehead atoms. The van der Waals surface area contributed by atoms with E-state index in [1.54, 1.807) is 0 Å². The Morgan fingerprint density at radius 2 is 1.50 bits per heavy atom. The van der Waals surface area contributed by atoms with E-state index in [-0.39, 0.29) is 6.10 Å². The molecule has 4 aliphatic carbocycles. The van der Waals surface area contributed by atoms with Crippen molar-refractivity contribution in [2.45, 2.75) is 78.0 Å². The summed E-state index contributed by atoms with van der Waals surface area (Å²) in [5, 5.41) is 5.02. The summed E-state index contributed by atoms with van der Waals surface area (Å²) >= 11 is 12.8. The number of benzene rings is 1. The highest BCUT2D eigenvalue weighted by atomic mass is 35.5. The topological polar surface area (TPSA) is 21.3 Å². The van der Waals surface area contributed by atoms with Crippen molar-refractivity contribution in [2.24, 2.45) is 23.2 Å². The zero-order valence-electron chi connectivity index (χ0n) is 16.2. The Bertz CT molecular complexity index is 614. The Balaban J connectivity index is 1.43. The van der Waals surface area contributed by atoms with E-state index in [1.165, 1.54) is 38.5 Å². The molecule has 0 spiro atoms. The first-order chi connectivity index (χ1) is 12.3. The van der Waals surface area contributed by atoms with E-state index in [0.29, 0.717) is 27.3 Å². The average Bonchev–Trinajstić information content (AvgIpc) is 2.54. The van der Waals surface area contributed by atoms with Crippen LogP contribution in [-0.2, 0) is 6.54 Å². The minimum absolute atomic E-state index is 0.0603. The second-order valence-electron chi connectivity index (χ2n) is 9.44. The number of hydrogen-bond donors (Lipinski definition) is 1. The van der Waals surface area contributed by atoms with Gasteiger partial charge < -0.3 is 10.1 Å². The fraction of sp³-hybridized carbons (Fsp3) is 0.727. The van der Waals surface area contributed by atoms with E-state index in [0.717, 1.165) is 29.9 Å². The normalized spacial score (nSPS) is 33.7. The molecule has 4 fully saturated rings. The number of rotatable bonds is 6. The van der Waals surface area contributed by atoms with Gasteiger partial charge in [0.15, 0.2) is 5.75 Å². The summed E-state index contributed by atoms with van der Waals surface area (Å²) in [6, 6.07) is 4.52. The van der Waals surface area contributed by atoms with Crippen molar-refractivity contribution in [1.82, 2.24) is 5.32 Å². The van der Waals surface area contributed by atoms with Gasteiger partial charge in [-0.25, -0.2) is 0 Å². The van der Waals surface area contributed by atoms with Crippen molar-refractivity contribution in [3.63, 3.8) is 0 Å². The maximum absolute atomic E-state index is 6.41. The Labute approximate surface area is 168 Å². The first-order valence-corrected chi connectivity index (χ1v) is 11.0. The molecule has 1 aromatic rings. The molecule has 1 N–H and O–H groups in total. The quantitative estimate of drug-likeness (QED) is 0.595. The molecule has 4 heteroatoms. The number of halogens is 2. The molecule has 144 valence electrons. The van der Waals surface area contributed by atoms with Crippen LogP contribution in [0.3, 0.4) is 0 Å². The molecule has 0 amide bonds. The summed E-state index contributed by atoms with van der Waals surface area (Å²) in [7, 11) is 0. The fourth-order valence-corrected chi connectivity index (χ4v) is 6.88. The van der Waals surface area contributed by atoms with Gasteiger partial charge in [-0.15, -0.1) is 0 Å². The Hall–Kier alpha value is -0.440. The van der Waals surface area contributed by atoms with E-state index in [1.807, 2.05) is 26.0 Å². The van der Waals surface area contributed by atoms with Gasteiger partial charge in [-0.05, 0) is 100 Å².